The highest BCUT2D eigenvalue weighted by Crippen LogP contribution is 2.22. The molecule has 1 heterocycles. The predicted molar refractivity (Wildman–Crippen MR) is 77.3 cm³/mol. The summed E-state index contributed by atoms with van der Waals surface area (Å²) in [6.07, 6.45) is 2.95. The van der Waals surface area contributed by atoms with E-state index in [0.29, 0.717) is 5.69 Å². The van der Waals surface area contributed by atoms with Crippen molar-refractivity contribution in [3.8, 4) is 0 Å². The van der Waals surface area contributed by atoms with Crippen molar-refractivity contribution in [2.24, 2.45) is 0 Å². The number of benzene rings is 1. The van der Waals surface area contributed by atoms with Gasteiger partial charge in [-0.05, 0) is 57.4 Å². The first kappa shape index (κ1) is 15.9. The van der Waals surface area contributed by atoms with E-state index >= 15 is 0 Å². The Kier molecular flexibility index (Phi) is 5.32. The molecule has 1 aliphatic rings. The van der Waals surface area contributed by atoms with Crippen LogP contribution in [0.4, 0.5) is 10.1 Å². The Morgan fingerprint density at radius 2 is 2.16 bits per heavy atom. The smallest absolute Gasteiger partial charge is 0.244 e. The number of aryl methyl sites for hydroxylation is 1. The Labute approximate surface area is 119 Å². The zero-order valence-electron chi connectivity index (χ0n) is 11.3. The van der Waals surface area contributed by atoms with Gasteiger partial charge in [-0.15, -0.1) is 12.4 Å². The third kappa shape index (κ3) is 3.67. The van der Waals surface area contributed by atoms with E-state index in [9.17, 15) is 9.18 Å². The van der Waals surface area contributed by atoms with Crippen LogP contribution in [0.3, 0.4) is 0 Å². The van der Waals surface area contributed by atoms with E-state index in [-0.39, 0.29) is 24.1 Å². The van der Waals surface area contributed by atoms with Gasteiger partial charge in [-0.1, -0.05) is 6.07 Å². The van der Waals surface area contributed by atoms with Crippen molar-refractivity contribution in [2.75, 3.05) is 11.9 Å². The second-order valence-electron chi connectivity index (χ2n) is 5.13. The molecular formula is C14H20ClFN2O. The summed E-state index contributed by atoms with van der Waals surface area (Å²) in [5.41, 5.74) is 0.870. The number of hydrogen-bond donors (Lipinski definition) is 2. The van der Waals surface area contributed by atoms with Gasteiger partial charge in [-0.25, -0.2) is 4.39 Å². The number of halogens is 2. The van der Waals surface area contributed by atoms with Crippen molar-refractivity contribution < 1.29 is 9.18 Å². The molecule has 0 aromatic heterocycles. The zero-order valence-corrected chi connectivity index (χ0v) is 12.1. The Bertz CT molecular complexity index is 459. The fourth-order valence-electron chi connectivity index (χ4n) is 2.24. The first-order chi connectivity index (χ1) is 8.51. The van der Waals surface area contributed by atoms with E-state index < -0.39 is 5.54 Å². The molecule has 0 radical (unpaired) electrons. The Balaban J connectivity index is 0.00000180. The van der Waals surface area contributed by atoms with Gasteiger partial charge in [-0.3, -0.25) is 4.79 Å². The van der Waals surface area contributed by atoms with Crippen LogP contribution >= 0.6 is 12.4 Å². The van der Waals surface area contributed by atoms with Gasteiger partial charge >= 0.3 is 0 Å². The van der Waals surface area contributed by atoms with Crippen LogP contribution in [0.5, 0.6) is 0 Å². The number of nitrogens with one attached hydrogen (secondary N) is 2. The maximum absolute atomic E-state index is 13.2. The maximum atomic E-state index is 13.2. The molecule has 19 heavy (non-hydrogen) atoms. The topological polar surface area (TPSA) is 41.1 Å². The molecule has 5 heteroatoms. The van der Waals surface area contributed by atoms with Gasteiger partial charge in [0.05, 0.1) is 5.54 Å². The number of rotatable bonds is 2. The number of anilines is 1. The summed E-state index contributed by atoms with van der Waals surface area (Å²) in [5.74, 6) is -0.423. The minimum atomic E-state index is -0.545. The lowest BCUT2D eigenvalue weighted by molar-refractivity contribution is -0.122. The van der Waals surface area contributed by atoms with Gasteiger partial charge in [0.1, 0.15) is 5.82 Å². The van der Waals surface area contributed by atoms with Crippen LogP contribution in [0.15, 0.2) is 18.2 Å². The molecule has 0 aliphatic carbocycles. The van der Waals surface area contributed by atoms with Crippen LogP contribution in [0.1, 0.15) is 31.7 Å². The second kappa shape index (κ2) is 6.35. The summed E-state index contributed by atoms with van der Waals surface area (Å²) < 4.78 is 13.2. The third-order valence-electron chi connectivity index (χ3n) is 3.57. The Hall–Kier alpha value is -1.13. The van der Waals surface area contributed by atoms with Crippen molar-refractivity contribution in [3.63, 3.8) is 0 Å². The first-order valence-corrected chi connectivity index (χ1v) is 6.34. The standard InChI is InChI=1S/C14H19FN2O.ClH/c1-10-5-6-11(15)9-12(10)17-13(18)14(2)7-3-4-8-16-14;/h5-6,9,16H,3-4,7-8H2,1-2H3,(H,17,18);1H. The van der Waals surface area contributed by atoms with E-state index in [4.69, 9.17) is 0 Å². The maximum Gasteiger partial charge on any atom is 0.244 e. The second-order valence-corrected chi connectivity index (χ2v) is 5.13. The average molecular weight is 287 g/mol. The van der Waals surface area contributed by atoms with Gasteiger partial charge in [-0.2, -0.15) is 0 Å². The van der Waals surface area contributed by atoms with E-state index in [0.717, 1.165) is 31.4 Å². The van der Waals surface area contributed by atoms with Crippen LogP contribution in [0.2, 0.25) is 0 Å². The van der Waals surface area contributed by atoms with Crippen molar-refractivity contribution in [1.82, 2.24) is 5.32 Å². The molecule has 1 aromatic carbocycles. The molecule has 1 atom stereocenters. The number of carbonyl (C=O) groups excluding carboxylic acids is 1. The normalized spacial score (nSPS) is 22.5. The fraction of sp³-hybridized carbons (Fsp3) is 0.500. The summed E-state index contributed by atoms with van der Waals surface area (Å²) >= 11 is 0. The summed E-state index contributed by atoms with van der Waals surface area (Å²) in [6, 6.07) is 4.42. The summed E-state index contributed by atoms with van der Waals surface area (Å²) in [5, 5.41) is 6.06. The molecule has 1 aromatic rings. The molecule has 1 aliphatic heterocycles. The van der Waals surface area contributed by atoms with Crippen LogP contribution in [-0.4, -0.2) is 18.0 Å². The van der Waals surface area contributed by atoms with Crippen LogP contribution in [0.25, 0.3) is 0 Å². The lowest BCUT2D eigenvalue weighted by Crippen LogP contribution is -2.54. The molecular weight excluding hydrogens is 267 g/mol. The molecule has 1 unspecified atom stereocenters. The highest BCUT2D eigenvalue weighted by Gasteiger charge is 2.34. The largest absolute Gasteiger partial charge is 0.324 e. The van der Waals surface area contributed by atoms with E-state index in [2.05, 4.69) is 10.6 Å². The minimum absolute atomic E-state index is 0. The summed E-state index contributed by atoms with van der Waals surface area (Å²) in [4.78, 5) is 12.3. The quantitative estimate of drug-likeness (QED) is 0.877. The molecule has 0 saturated carbocycles. The molecule has 1 amide bonds. The van der Waals surface area contributed by atoms with Gasteiger partial charge in [0.2, 0.25) is 5.91 Å². The van der Waals surface area contributed by atoms with Gasteiger partial charge in [0.15, 0.2) is 0 Å². The Morgan fingerprint density at radius 3 is 2.79 bits per heavy atom. The monoisotopic (exact) mass is 286 g/mol. The molecule has 106 valence electrons. The number of piperidine rings is 1. The molecule has 0 spiro atoms. The predicted octanol–water partition coefficient (Wildman–Crippen LogP) is 3.03. The van der Waals surface area contributed by atoms with Crippen LogP contribution in [-0.2, 0) is 4.79 Å². The van der Waals surface area contributed by atoms with Crippen LogP contribution in [0, 0.1) is 12.7 Å². The highest BCUT2D eigenvalue weighted by molar-refractivity contribution is 5.98. The molecule has 1 fully saturated rings. The summed E-state index contributed by atoms with van der Waals surface area (Å²) in [6.45, 7) is 4.61. The number of hydrogen-bond acceptors (Lipinski definition) is 2. The third-order valence-corrected chi connectivity index (χ3v) is 3.57. The molecule has 0 bridgehead atoms. The lowest BCUT2D eigenvalue weighted by Gasteiger charge is -2.33. The SMILES string of the molecule is Cc1ccc(F)cc1NC(=O)C1(C)CCCCN1.Cl. The van der Waals surface area contributed by atoms with Gasteiger partial charge in [0.25, 0.3) is 0 Å². The van der Waals surface area contributed by atoms with Gasteiger partial charge in [0, 0.05) is 5.69 Å². The van der Waals surface area contributed by atoms with Crippen molar-refractivity contribution in [2.45, 2.75) is 38.6 Å². The van der Waals surface area contributed by atoms with E-state index in [1.54, 1.807) is 6.07 Å². The van der Waals surface area contributed by atoms with Crippen molar-refractivity contribution >= 4 is 24.0 Å². The minimum Gasteiger partial charge on any atom is -0.324 e. The van der Waals surface area contributed by atoms with E-state index in [1.165, 1.54) is 12.1 Å². The van der Waals surface area contributed by atoms with Crippen molar-refractivity contribution in [1.29, 1.82) is 0 Å². The van der Waals surface area contributed by atoms with E-state index in [1.807, 2.05) is 13.8 Å². The molecule has 3 nitrogen and oxygen atoms in total. The first-order valence-electron chi connectivity index (χ1n) is 6.34. The highest BCUT2D eigenvalue weighted by atomic mass is 35.5. The lowest BCUT2D eigenvalue weighted by atomic mass is 9.90. The van der Waals surface area contributed by atoms with Crippen LogP contribution < -0.4 is 10.6 Å². The average Bonchev–Trinajstić information content (AvgIpc) is 2.35. The van der Waals surface area contributed by atoms with Crippen molar-refractivity contribution in [3.05, 3.63) is 29.6 Å². The summed E-state index contributed by atoms with van der Waals surface area (Å²) in [7, 11) is 0. The number of amides is 1. The zero-order chi connectivity index (χ0) is 13.2. The van der Waals surface area contributed by atoms with Gasteiger partial charge < -0.3 is 10.6 Å². The fourth-order valence-corrected chi connectivity index (χ4v) is 2.24. The number of carbonyl (C=O) groups is 1. The Morgan fingerprint density at radius 1 is 1.42 bits per heavy atom. The molecule has 2 rings (SSSR count). The molecule has 1 saturated heterocycles. The molecule has 2 N–H and O–H groups in total.